The number of hydrogen-bond donors (Lipinski definition) is 2. The third-order valence-electron chi connectivity index (χ3n) is 8.19. The molecule has 2 unspecified atom stereocenters. The van der Waals surface area contributed by atoms with Gasteiger partial charge in [-0.2, -0.15) is 4.98 Å². The zero-order valence-electron chi connectivity index (χ0n) is 26.8. The topological polar surface area (TPSA) is 75.1 Å². The SMILES string of the molecule is C=C/C=C(\C=C)CN1CC(c2ccc(-c3nc(Nc4cc5c(cc4C)C(=O)NC5C)n(CC)n3)cc2C)=CCC1C.CC. The molecule has 0 bridgehead atoms. The molecule has 3 aromatic rings. The van der Waals surface area contributed by atoms with Crippen LogP contribution in [0, 0.1) is 13.8 Å². The van der Waals surface area contributed by atoms with E-state index < -0.39 is 0 Å². The molecular weight excluding hydrogens is 532 g/mol. The molecule has 0 radical (unpaired) electrons. The zero-order valence-corrected chi connectivity index (χ0v) is 26.8. The summed E-state index contributed by atoms with van der Waals surface area (Å²) in [4.78, 5) is 19.6. The molecule has 5 rings (SSSR count). The van der Waals surface area contributed by atoms with Crippen LogP contribution in [0.25, 0.3) is 17.0 Å². The Balaban J connectivity index is 0.00000207. The molecule has 0 fully saturated rings. The molecular formula is C36H46N6O. The number of fused-ring (bicyclic) bond motifs is 1. The van der Waals surface area contributed by atoms with Gasteiger partial charge in [0.1, 0.15) is 0 Å². The Hall–Kier alpha value is -4.23. The molecule has 0 saturated heterocycles. The highest BCUT2D eigenvalue weighted by Gasteiger charge is 2.27. The minimum Gasteiger partial charge on any atom is -0.345 e. The van der Waals surface area contributed by atoms with Gasteiger partial charge < -0.3 is 10.6 Å². The highest BCUT2D eigenvalue weighted by molar-refractivity contribution is 6.00. The number of allylic oxidation sites excluding steroid dienone is 2. The number of nitrogens with one attached hydrogen (secondary N) is 2. The molecule has 7 nitrogen and oxygen atoms in total. The summed E-state index contributed by atoms with van der Waals surface area (Å²) in [5.74, 6) is 1.35. The summed E-state index contributed by atoms with van der Waals surface area (Å²) in [5, 5.41) is 11.3. The Morgan fingerprint density at radius 3 is 2.56 bits per heavy atom. The smallest absolute Gasteiger partial charge is 0.252 e. The average molecular weight is 579 g/mol. The first-order chi connectivity index (χ1) is 20.7. The zero-order chi connectivity index (χ0) is 31.3. The fraction of sp³-hybridized carbons (Fsp3) is 0.361. The summed E-state index contributed by atoms with van der Waals surface area (Å²) < 4.78 is 1.88. The minimum absolute atomic E-state index is 0.0121. The highest BCUT2D eigenvalue weighted by Crippen LogP contribution is 2.33. The predicted octanol–water partition coefficient (Wildman–Crippen LogP) is 7.93. The Labute approximate surface area is 257 Å². The van der Waals surface area contributed by atoms with Crippen LogP contribution in [0.15, 0.2) is 73.4 Å². The van der Waals surface area contributed by atoms with E-state index in [-0.39, 0.29) is 11.9 Å². The van der Waals surface area contributed by atoms with E-state index in [4.69, 9.17) is 10.1 Å². The van der Waals surface area contributed by atoms with E-state index in [2.05, 4.69) is 73.7 Å². The molecule has 7 heteroatoms. The number of benzene rings is 2. The van der Waals surface area contributed by atoms with E-state index in [9.17, 15) is 4.79 Å². The van der Waals surface area contributed by atoms with Crippen LogP contribution in [0.5, 0.6) is 0 Å². The quantitative estimate of drug-likeness (QED) is 0.252. The van der Waals surface area contributed by atoms with Gasteiger partial charge in [0.05, 0.1) is 6.04 Å². The molecule has 0 aliphatic carbocycles. The number of hydrogen-bond acceptors (Lipinski definition) is 5. The third-order valence-corrected chi connectivity index (χ3v) is 8.19. The first-order valence-electron chi connectivity index (χ1n) is 15.4. The molecule has 2 atom stereocenters. The van der Waals surface area contributed by atoms with Gasteiger partial charge in [-0.3, -0.25) is 9.69 Å². The first-order valence-corrected chi connectivity index (χ1v) is 15.4. The minimum atomic E-state index is -0.0165. The van der Waals surface area contributed by atoms with Gasteiger partial charge in [-0.15, -0.1) is 5.10 Å². The lowest BCUT2D eigenvalue weighted by atomic mass is 9.93. The van der Waals surface area contributed by atoms with E-state index in [0.29, 0.717) is 24.4 Å². The first kappa shape index (κ1) is 31.7. The van der Waals surface area contributed by atoms with Crippen molar-refractivity contribution in [2.75, 3.05) is 18.4 Å². The molecule has 0 spiro atoms. The number of anilines is 2. The van der Waals surface area contributed by atoms with Gasteiger partial charge in [0.15, 0.2) is 5.82 Å². The molecule has 226 valence electrons. The average Bonchev–Trinajstić information content (AvgIpc) is 3.54. The van der Waals surface area contributed by atoms with Crippen LogP contribution < -0.4 is 10.6 Å². The fourth-order valence-electron chi connectivity index (χ4n) is 5.71. The highest BCUT2D eigenvalue weighted by atomic mass is 16.2. The van der Waals surface area contributed by atoms with Gasteiger partial charge in [-0.1, -0.05) is 63.4 Å². The maximum Gasteiger partial charge on any atom is 0.252 e. The molecule has 3 heterocycles. The molecule has 43 heavy (non-hydrogen) atoms. The summed E-state index contributed by atoms with van der Waals surface area (Å²) in [6.45, 7) is 24.7. The van der Waals surface area contributed by atoms with Crippen molar-refractivity contribution in [1.82, 2.24) is 25.0 Å². The van der Waals surface area contributed by atoms with E-state index >= 15 is 0 Å². The lowest BCUT2D eigenvalue weighted by Gasteiger charge is -2.34. The summed E-state index contributed by atoms with van der Waals surface area (Å²) in [7, 11) is 0. The maximum absolute atomic E-state index is 12.2. The summed E-state index contributed by atoms with van der Waals surface area (Å²) in [6, 6.07) is 11.0. The Morgan fingerprint density at radius 2 is 1.88 bits per heavy atom. The maximum atomic E-state index is 12.2. The lowest BCUT2D eigenvalue weighted by molar-refractivity contribution is 0.0958. The summed E-state index contributed by atoms with van der Waals surface area (Å²) in [5.41, 5.74) is 9.64. The van der Waals surface area contributed by atoms with Crippen molar-refractivity contribution in [3.8, 4) is 11.4 Å². The van der Waals surface area contributed by atoms with Crippen molar-refractivity contribution >= 4 is 23.1 Å². The van der Waals surface area contributed by atoms with Crippen LogP contribution >= 0.6 is 0 Å². The number of carbonyl (C=O) groups is 1. The van der Waals surface area contributed by atoms with Crippen molar-refractivity contribution in [3.05, 3.63) is 101 Å². The van der Waals surface area contributed by atoms with Gasteiger partial charge in [0, 0.05) is 42.5 Å². The molecule has 1 amide bonds. The van der Waals surface area contributed by atoms with E-state index in [1.165, 1.54) is 22.3 Å². The Kier molecular flexibility index (Phi) is 10.2. The van der Waals surface area contributed by atoms with E-state index in [1.54, 1.807) is 0 Å². The lowest BCUT2D eigenvalue weighted by Crippen LogP contribution is -2.38. The van der Waals surface area contributed by atoms with Crippen molar-refractivity contribution in [3.63, 3.8) is 0 Å². The second kappa shape index (κ2) is 13.8. The van der Waals surface area contributed by atoms with Gasteiger partial charge in [-0.05, 0) is 92.6 Å². The van der Waals surface area contributed by atoms with Crippen molar-refractivity contribution < 1.29 is 4.79 Å². The van der Waals surface area contributed by atoms with Crippen LogP contribution in [0.4, 0.5) is 11.6 Å². The molecule has 2 aliphatic rings. The van der Waals surface area contributed by atoms with Gasteiger partial charge >= 0.3 is 0 Å². The second-order valence-corrected chi connectivity index (χ2v) is 11.1. The summed E-state index contributed by atoms with van der Waals surface area (Å²) in [6.07, 6.45) is 9.17. The van der Waals surface area contributed by atoms with Crippen LogP contribution in [0.3, 0.4) is 0 Å². The number of nitrogens with zero attached hydrogens (tertiary/aromatic N) is 4. The van der Waals surface area contributed by atoms with Crippen molar-refractivity contribution in [2.45, 2.75) is 73.5 Å². The third kappa shape index (κ3) is 6.73. The number of carbonyl (C=O) groups excluding carboxylic acids is 1. The number of aryl methyl sites for hydroxylation is 3. The number of amides is 1. The van der Waals surface area contributed by atoms with Crippen LogP contribution in [0.1, 0.15) is 79.7 Å². The molecule has 2 aliphatic heterocycles. The number of aromatic nitrogens is 3. The van der Waals surface area contributed by atoms with Crippen LogP contribution in [0.2, 0.25) is 0 Å². The largest absolute Gasteiger partial charge is 0.345 e. The fourth-order valence-corrected chi connectivity index (χ4v) is 5.71. The van der Waals surface area contributed by atoms with Gasteiger partial charge in [-0.25, -0.2) is 4.68 Å². The summed E-state index contributed by atoms with van der Waals surface area (Å²) >= 11 is 0. The van der Waals surface area contributed by atoms with E-state index in [0.717, 1.165) is 47.5 Å². The van der Waals surface area contributed by atoms with Gasteiger partial charge in [0.2, 0.25) is 5.95 Å². The van der Waals surface area contributed by atoms with Crippen molar-refractivity contribution in [2.24, 2.45) is 0 Å². The molecule has 1 aromatic heterocycles. The predicted molar refractivity (Wildman–Crippen MR) is 180 cm³/mol. The van der Waals surface area contributed by atoms with Crippen LogP contribution in [-0.4, -0.2) is 44.7 Å². The van der Waals surface area contributed by atoms with Gasteiger partial charge in [0.25, 0.3) is 5.91 Å². The normalized spacial score (nSPS) is 18.3. The van der Waals surface area contributed by atoms with Crippen molar-refractivity contribution in [1.29, 1.82) is 0 Å². The van der Waals surface area contributed by atoms with E-state index in [1.807, 2.05) is 62.7 Å². The molecule has 2 N–H and O–H groups in total. The standard InChI is InChI=1S/C34H40N6O.C2H6/c1-8-11-25(9-2)19-39-20-27(13-12-23(39)6)28-15-14-26(16-21(28)4)32-37-34(40(10-3)38-32)36-31-18-29-24(7)35-33(41)30(29)17-22(31)5;1-2/h8-9,11,13-18,23-24H,1-2,10,12,19-20H2,3-7H3,(H,35,41)(H,36,37,38);1-2H3/b25-11+;. The number of rotatable bonds is 9. The molecule has 2 aromatic carbocycles. The monoisotopic (exact) mass is 578 g/mol. The Bertz CT molecular complexity index is 1580. The second-order valence-electron chi connectivity index (χ2n) is 11.1. The Morgan fingerprint density at radius 1 is 1.12 bits per heavy atom. The molecule has 0 saturated carbocycles. The van der Waals surface area contributed by atoms with Crippen LogP contribution in [-0.2, 0) is 6.54 Å².